The first-order chi connectivity index (χ1) is 9.91. The molecule has 7 heteroatoms. The lowest BCUT2D eigenvalue weighted by Gasteiger charge is -2.17. The number of ether oxygens (including phenoxy) is 1. The zero-order chi connectivity index (χ0) is 15.6. The van der Waals surface area contributed by atoms with Crippen molar-refractivity contribution in [3.63, 3.8) is 0 Å². The Bertz CT molecular complexity index is 614. The monoisotopic (exact) mass is 291 g/mol. The number of imide groups is 1. The number of phenols is 1. The minimum absolute atomic E-state index is 0.0444. The molecule has 1 atom stereocenters. The van der Waals surface area contributed by atoms with Crippen molar-refractivity contribution in [1.82, 2.24) is 10.3 Å². The van der Waals surface area contributed by atoms with E-state index in [0.29, 0.717) is 17.7 Å². The minimum Gasteiger partial charge on any atom is -0.504 e. The van der Waals surface area contributed by atoms with Crippen molar-refractivity contribution in [2.24, 2.45) is 5.10 Å². The Morgan fingerprint density at radius 3 is 2.71 bits per heavy atom. The van der Waals surface area contributed by atoms with Crippen molar-refractivity contribution < 1.29 is 19.4 Å². The van der Waals surface area contributed by atoms with E-state index in [2.05, 4.69) is 10.4 Å². The van der Waals surface area contributed by atoms with Crippen LogP contribution in [0.2, 0.25) is 0 Å². The highest BCUT2D eigenvalue weighted by Gasteiger charge is 2.46. The van der Waals surface area contributed by atoms with Crippen LogP contribution in [0.15, 0.2) is 23.3 Å². The van der Waals surface area contributed by atoms with Gasteiger partial charge in [0.25, 0.3) is 5.91 Å². The number of aromatic hydroxyl groups is 1. The van der Waals surface area contributed by atoms with Gasteiger partial charge in [0.2, 0.25) is 0 Å². The molecule has 1 aliphatic rings. The summed E-state index contributed by atoms with van der Waals surface area (Å²) in [5, 5.41) is 16.9. The van der Waals surface area contributed by atoms with Crippen LogP contribution in [0.3, 0.4) is 0 Å². The van der Waals surface area contributed by atoms with Gasteiger partial charge >= 0.3 is 6.03 Å². The van der Waals surface area contributed by atoms with Crippen LogP contribution in [0, 0.1) is 0 Å². The molecule has 3 amide bonds. The van der Waals surface area contributed by atoms with Gasteiger partial charge in [-0.3, -0.25) is 4.79 Å². The molecule has 1 aromatic rings. The van der Waals surface area contributed by atoms with Gasteiger partial charge in [-0.1, -0.05) is 6.92 Å². The summed E-state index contributed by atoms with van der Waals surface area (Å²) in [4.78, 5) is 23.9. The van der Waals surface area contributed by atoms with Crippen LogP contribution in [0.4, 0.5) is 4.79 Å². The predicted octanol–water partition coefficient (Wildman–Crippen LogP) is 1.46. The topological polar surface area (TPSA) is 91.2 Å². The zero-order valence-corrected chi connectivity index (χ0v) is 12.1. The summed E-state index contributed by atoms with van der Waals surface area (Å²) in [5.41, 5.74) is -0.379. The van der Waals surface area contributed by atoms with Gasteiger partial charge in [0.1, 0.15) is 5.54 Å². The van der Waals surface area contributed by atoms with E-state index in [9.17, 15) is 14.7 Å². The second kappa shape index (κ2) is 5.43. The van der Waals surface area contributed by atoms with Crippen molar-refractivity contribution in [2.45, 2.75) is 25.8 Å². The number of nitrogens with zero attached hydrogens (tertiary/aromatic N) is 2. The molecule has 0 aliphatic carbocycles. The normalized spacial score (nSPS) is 22.0. The van der Waals surface area contributed by atoms with Crippen LogP contribution in [0.5, 0.6) is 11.5 Å². The van der Waals surface area contributed by atoms with E-state index in [4.69, 9.17) is 4.74 Å². The first-order valence-corrected chi connectivity index (χ1v) is 6.49. The molecule has 1 saturated heterocycles. The smallest absolute Gasteiger partial charge is 0.346 e. The highest BCUT2D eigenvalue weighted by atomic mass is 16.5. The second-order valence-corrected chi connectivity index (χ2v) is 4.91. The fraction of sp³-hybridized carbons (Fsp3) is 0.357. The van der Waals surface area contributed by atoms with Crippen LogP contribution in [-0.2, 0) is 4.79 Å². The summed E-state index contributed by atoms with van der Waals surface area (Å²) in [6.45, 7) is 3.47. The van der Waals surface area contributed by atoms with E-state index in [-0.39, 0.29) is 5.75 Å². The molecular weight excluding hydrogens is 274 g/mol. The lowest BCUT2D eigenvalue weighted by molar-refractivity contribution is -0.130. The van der Waals surface area contributed by atoms with Crippen molar-refractivity contribution in [3.05, 3.63) is 23.8 Å². The van der Waals surface area contributed by atoms with Crippen molar-refractivity contribution in [2.75, 3.05) is 7.11 Å². The number of benzene rings is 1. The predicted molar refractivity (Wildman–Crippen MR) is 76.3 cm³/mol. The van der Waals surface area contributed by atoms with E-state index in [1.54, 1.807) is 19.1 Å². The Labute approximate surface area is 122 Å². The number of amides is 3. The lowest BCUT2D eigenvalue weighted by atomic mass is 10.00. The second-order valence-electron chi connectivity index (χ2n) is 4.91. The number of hydrogen-bond acceptors (Lipinski definition) is 5. The third-order valence-electron chi connectivity index (χ3n) is 3.47. The van der Waals surface area contributed by atoms with Gasteiger partial charge in [-0.25, -0.2) is 4.79 Å². The number of carbonyl (C=O) groups excluding carboxylic acids is 2. The molecular formula is C14H17N3O4. The van der Waals surface area contributed by atoms with Crippen LogP contribution in [0.1, 0.15) is 25.8 Å². The van der Waals surface area contributed by atoms with E-state index in [1.165, 1.54) is 19.4 Å². The van der Waals surface area contributed by atoms with Gasteiger partial charge in [-0.15, -0.1) is 5.01 Å². The van der Waals surface area contributed by atoms with E-state index in [0.717, 1.165) is 5.01 Å². The Hall–Kier alpha value is -2.57. The number of rotatable bonds is 4. The molecule has 0 saturated carbocycles. The standard InChI is InChI=1S/C14H17N3O4/c1-4-14(2)12(19)17(13(20)16-14)15-8-9-5-6-11(21-3)10(18)7-9/h5-8,18H,4H2,1-3H3,(H,16,20)/b15-8-/t14-/m0/s1. The molecule has 21 heavy (non-hydrogen) atoms. The van der Waals surface area contributed by atoms with Gasteiger partial charge in [-0.2, -0.15) is 5.10 Å². The van der Waals surface area contributed by atoms with Gasteiger partial charge in [0.05, 0.1) is 13.3 Å². The maximum absolute atomic E-state index is 12.1. The van der Waals surface area contributed by atoms with Crippen LogP contribution < -0.4 is 10.1 Å². The summed E-state index contributed by atoms with van der Waals surface area (Å²) in [6, 6.07) is 4.09. The van der Waals surface area contributed by atoms with Crippen molar-refractivity contribution in [1.29, 1.82) is 0 Å². The number of nitrogens with one attached hydrogen (secondary N) is 1. The summed E-state index contributed by atoms with van der Waals surface area (Å²) < 4.78 is 4.93. The number of carbonyl (C=O) groups is 2. The quantitative estimate of drug-likeness (QED) is 0.649. The fourth-order valence-electron chi connectivity index (χ4n) is 1.92. The number of hydrazone groups is 1. The molecule has 1 aliphatic heterocycles. The minimum atomic E-state index is -0.920. The number of urea groups is 1. The van der Waals surface area contributed by atoms with Gasteiger partial charge < -0.3 is 15.2 Å². The SMILES string of the molecule is CC[C@]1(C)NC(=O)N(/N=C\c2ccc(OC)c(O)c2)C1=O. The molecule has 0 unspecified atom stereocenters. The number of methoxy groups -OCH3 is 1. The molecule has 0 radical (unpaired) electrons. The van der Waals surface area contributed by atoms with Gasteiger partial charge in [-0.05, 0) is 37.1 Å². The Kier molecular flexibility index (Phi) is 3.84. The third kappa shape index (κ3) is 2.67. The van der Waals surface area contributed by atoms with E-state index < -0.39 is 17.5 Å². The first kappa shape index (κ1) is 14.8. The molecule has 2 rings (SSSR count). The average molecular weight is 291 g/mol. The molecule has 0 aromatic heterocycles. The fourth-order valence-corrected chi connectivity index (χ4v) is 1.92. The van der Waals surface area contributed by atoms with Crippen molar-refractivity contribution in [3.8, 4) is 11.5 Å². The molecule has 0 bridgehead atoms. The maximum Gasteiger partial charge on any atom is 0.346 e. The summed E-state index contributed by atoms with van der Waals surface area (Å²) in [5.74, 6) is -0.110. The molecule has 0 spiro atoms. The Balaban J connectivity index is 2.20. The lowest BCUT2D eigenvalue weighted by Crippen LogP contribution is -2.42. The van der Waals surface area contributed by atoms with E-state index in [1.807, 2.05) is 6.92 Å². The summed E-state index contributed by atoms with van der Waals surface area (Å²) in [6.07, 6.45) is 1.81. The Morgan fingerprint density at radius 2 is 2.19 bits per heavy atom. The Morgan fingerprint density at radius 1 is 1.48 bits per heavy atom. The first-order valence-electron chi connectivity index (χ1n) is 6.49. The molecule has 7 nitrogen and oxygen atoms in total. The van der Waals surface area contributed by atoms with Crippen LogP contribution in [-0.4, -0.2) is 40.9 Å². The summed E-state index contributed by atoms with van der Waals surface area (Å²) in [7, 11) is 1.45. The zero-order valence-electron chi connectivity index (χ0n) is 12.1. The molecule has 1 fully saturated rings. The highest BCUT2D eigenvalue weighted by Crippen LogP contribution is 2.26. The number of hydrogen-bond donors (Lipinski definition) is 2. The molecule has 1 aromatic carbocycles. The van der Waals surface area contributed by atoms with E-state index >= 15 is 0 Å². The van der Waals surface area contributed by atoms with Crippen molar-refractivity contribution >= 4 is 18.2 Å². The van der Waals surface area contributed by atoms with Gasteiger partial charge in [0, 0.05) is 0 Å². The summed E-state index contributed by atoms with van der Waals surface area (Å²) >= 11 is 0. The maximum atomic E-state index is 12.1. The van der Waals surface area contributed by atoms with Crippen LogP contribution >= 0.6 is 0 Å². The van der Waals surface area contributed by atoms with Crippen LogP contribution in [0.25, 0.3) is 0 Å². The molecule has 2 N–H and O–H groups in total. The van der Waals surface area contributed by atoms with Gasteiger partial charge in [0.15, 0.2) is 11.5 Å². The molecule has 112 valence electrons. The highest BCUT2D eigenvalue weighted by molar-refractivity contribution is 6.07. The largest absolute Gasteiger partial charge is 0.504 e. The molecule has 1 heterocycles. The third-order valence-corrected chi connectivity index (χ3v) is 3.47. The number of phenolic OH excluding ortho intramolecular Hbond substituents is 1. The average Bonchev–Trinajstić information content (AvgIpc) is 2.68.